The molecule has 0 saturated heterocycles. The fourth-order valence-electron chi connectivity index (χ4n) is 1.74. The largest absolute Gasteiger partial charge is 0.399 e. The van der Waals surface area contributed by atoms with Gasteiger partial charge in [0, 0.05) is 15.7 Å². The van der Waals surface area contributed by atoms with E-state index in [9.17, 15) is 9.59 Å². The highest BCUT2D eigenvalue weighted by Crippen LogP contribution is 2.20. The lowest BCUT2D eigenvalue weighted by Gasteiger charge is -2.09. The number of nitrogens with one attached hydrogen (secondary N) is 1. The Balaban J connectivity index is 2.30. The Kier molecular flexibility index (Phi) is 4.05. The molecule has 0 heterocycles. The van der Waals surface area contributed by atoms with Gasteiger partial charge in [-0.05, 0) is 30.3 Å². The number of nitrogen functional groups attached to an aromatic ring is 1. The van der Waals surface area contributed by atoms with Crippen LogP contribution in [-0.2, 0) is 0 Å². The molecule has 0 atom stereocenters. The number of hydrogen-bond donors (Lipinski definition) is 3. The van der Waals surface area contributed by atoms with Gasteiger partial charge in [0.15, 0.2) is 0 Å². The smallest absolute Gasteiger partial charge is 0.255 e. The highest BCUT2D eigenvalue weighted by Gasteiger charge is 2.12. The van der Waals surface area contributed by atoms with Crippen LogP contribution < -0.4 is 16.8 Å². The van der Waals surface area contributed by atoms with Gasteiger partial charge in [-0.25, -0.2) is 0 Å². The molecule has 0 bridgehead atoms. The van der Waals surface area contributed by atoms with Crippen LogP contribution in [0.15, 0.2) is 46.9 Å². The first kappa shape index (κ1) is 14.1. The molecule has 2 rings (SSSR count). The summed E-state index contributed by atoms with van der Waals surface area (Å²) in [6, 6.07) is 11.4. The van der Waals surface area contributed by atoms with Crippen molar-refractivity contribution in [3.63, 3.8) is 0 Å². The van der Waals surface area contributed by atoms with Gasteiger partial charge in [0.25, 0.3) is 11.8 Å². The van der Waals surface area contributed by atoms with E-state index in [2.05, 4.69) is 21.2 Å². The quantitative estimate of drug-likeness (QED) is 0.752. The van der Waals surface area contributed by atoms with E-state index in [0.717, 1.165) is 0 Å². The number of halogens is 1. The summed E-state index contributed by atoms with van der Waals surface area (Å²) in [6.45, 7) is 0. The summed E-state index contributed by atoms with van der Waals surface area (Å²) in [5.74, 6) is -0.971. The van der Waals surface area contributed by atoms with Crippen molar-refractivity contribution in [2.45, 2.75) is 0 Å². The Morgan fingerprint density at radius 1 is 1.10 bits per heavy atom. The van der Waals surface area contributed by atoms with Gasteiger partial charge in [-0.15, -0.1) is 0 Å². The topological polar surface area (TPSA) is 98.2 Å². The van der Waals surface area contributed by atoms with E-state index >= 15 is 0 Å². The highest BCUT2D eigenvalue weighted by atomic mass is 79.9. The Bertz CT molecular complexity index is 666. The van der Waals surface area contributed by atoms with Crippen LogP contribution in [0.4, 0.5) is 11.4 Å². The molecule has 0 radical (unpaired) electrons. The molecule has 0 fully saturated rings. The number of nitrogens with two attached hydrogens (primary N) is 2. The summed E-state index contributed by atoms with van der Waals surface area (Å²) in [5.41, 5.74) is 12.4. The lowest BCUT2D eigenvalue weighted by Crippen LogP contribution is -2.18. The molecule has 0 unspecified atom stereocenters. The van der Waals surface area contributed by atoms with Gasteiger partial charge >= 0.3 is 0 Å². The molecular weight excluding hydrogens is 322 g/mol. The summed E-state index contributed by atoms with van der Waals surface area (Å²) in [4.78, 5) is 23.4. The van der Waals surface area contributed by atoms with E-state index < -0.39 is 5.91 Å². The molecule has 0 aliphatic carbocycles. The molecule has 0 spiro atoms. The lowest BCUT2D eigenvalue weighted by molar-refractivity contribution is 0.100. The van der Waals surface area contributed by atoms with Crippen LogP contribution in [0.5, 0.6) is 0 Å². The van der Waals surface area contributed by atoms with Crippen molar-refractivity contribution < 1.29 is 9.59 Å². The third-order valence-electron chi connectivity index (χ3n) is 2.62. The number of hydrogen-bond acceptors (Lipinski definition) is 3. The monoisotopic (exact) mass is 333 g/mol. The minimum atomic E-state index is -0.602. The summed E-state index contributed by atoms with van der Waals surface area (Å²) in [5, 5.41) is 2.65. The number of carbonyl (C=O) groups is 2. The number of benzene rings is 2. The zero-order chi connectivity index (χ0) is 14.7. The molecule has 6 heteroatoms. The van der Waals surface area contributed by atoms with Gasteiger partial charge in [0.2, 0.25) is 0 Å². The van der Waals surface area contributed by atoms with Crippen molar-refractivity contribution in [1.82, 2.24) is 0 Å². The van der Waals surface area contributed by atoms with Crippen molar-refractivity contribution in [2.75, 3.05) is 11.1 Å². The second-order valence-corrected chi connectivity index (χ2v) is 5.05. The van der Waals surface area contributed by atoms with Crippen molar-refractivity contribution >= 4 is 39.1 Å². The van der Waals surface area contributed by atoms with Gasteiger partial charge in [-0.3, -0.25) is 9.59 Å². The van der Waals surface area contributed by atoms with E-state index in [-0.39, 0.29) is 11.5 Å². The minimum Gasteiger partial charge on any atom is -0.399 e. The summed E-state index contributed by atoms with van der Waals surface area (Å²) >= 11 is 3.27. The van der Waals surface area contributed by atoms with Gasteiger partial charge in [-0.1, -0.05) is 28.1 Å². The molecule has 2 amide bonds. The normalized spacial score (nSPS) is 10.1. The molecule has 5 N–H and O–H groups in total. The standard InChI is InChI=1S/C14H12BrN3O2/c15-9-5-8(6-10(16)7-9)14(20)18-12-4-2-1-3-11(12)13(17)19/h1-7H,16H2,(H2,17,19)(H,18,20). The number of primary amides is 1. The maximum Gasteiger partial charge on any atom is 0.255 e. The van der Waals surface area contributed by atoms with E-state index in [1.807, 2.05) is 0 Å². The number of para-hydroxylation sites is 1. The maximum atomic E-state index is 12.2. The predicted octanol–water partition coefficient (Wildman–Crippen LogP) is 2.38. The maximum absolute atomic E-state index is 12.2. The van der Waals surface area contributed by atoms with Gasteiger partial charge < -0.3 is 16.8 Å². The Morgan fingerprint density at radius 3 is 2.45 bits per heavy atom. The number of rotatable bonds is 3. The lowest BCUT2D eigenvalue weighted by atomic mass is 10.1. The highest BCUT2D eigenvalue weighted by molar-refractivity contribution is 9.10. The third-order valence-corrected chi connectivity index (χ3v) is 3.08. The average molecular weight is 334 g/mol. The first-order chi connectivity index (χ1) is 9.47. The zero-order valence-corrected chi connectivity index (χ0v) is 12.0. The molecule has 0 saturated carbocycles. The minimum absolute atomic E-state index is 0.254. The van der Waals surface area contributed by atoms with E-state index in [0.29, 0.717) is 21.4 Å². The van der Waals surface area contributed by atoms with Gasteiger partial charge in [0.1, 0.15) is 0 Å². The molecule has 5 nitrogen and oxygen atoms in total. The van der Waals surface area contributed by atoms with Crippen LogP contribution in [0.25, 0.3) is 0 Å². The van der Waals surface area contributed by atoms with Crippen molar-refractivity contribution in [2.24, 2.45) is 5.73 Å². The van der Waals surface area contributed by atoms with Crippen molar-refractivity contribution in [3.05, 3.63) is 58.1 Å². The second kappa shape index (κ2) is 5.75. The van der Waals surface area contributed by atoms with Gasteiger partial charge in [-0.2, -0.15) is 0 Å². The zero-order valence-electron chi connectivity index (χ0n) is 10.4. The Hall–Kier alpha value is -2.34. The first-order valence-corrected chi connectivity index (χ1v) is 6.53. The molecule has 102 valence electrons. The van der Waals surface area contributed by atoms with Crippen LogP contribution in [0.2, 0.25) is 0 Å². The predicted molar refractivity (Wildman–Crippen MR) is 81.5 cm³/mol. The average Bonchev–Trinajstić information content (AvgIpc) is 2.37. The van der Waals surface area contributed by atoms with Crippen molar-refractivity contribution in [1.29, 1.82) is 0 Å². The number of amides is 2. The van der Waals surface area contributed by atoms with Crippen molar-refractivity contribution in [3.8, 4) is 0 Å². The first-order valence-electron chi connectivity index (χ1n) is 5.73. The van der Waals surface area contributed by atoms with Crippen LogP contribution in [0.1, 0.15) is 20.7 Å². The molecule has 0 aliphatic heterocycles. The van der Waals surface area contributed by atoms with E-state index in [1.165, 1.54) is 0 Å². The molecule has 0 aliphatic rings. The van der Waals surface area contributed by atoms with Crippen LogP contribution >= 0.6 is 15.9 Å². The summed E-state index contributed by atoms with van der Waals surface area (Å²) < 4.78 is 0.700. The summed E-state index contributed by atoms with van der Waals surface area (Å²) in [7, 11) is 0. The third kappa shape index (κ3) is 3.16. The number of carbonyl (C=O) groups excluding carboxylic acids is 2. The SMILES string of the molecule is NC(=O)c1ccccc1NC(=O)c1cc(N)cc(Br)c1. The second-order valence-electron chi connectivity index (χ2n) is 4.14. The molecule has 2 aromatic carbocycles. The molecular formula is C14H12BrN3O2. The number of anilines is 2. The van der Waals surface area contributed by atoms with Crippen LogP contribution in [0, 0.1) is 0 Å². The Labute approximate surface area is 124 Å². The fraction of sp³-hybridized carbons (Fsp3) is 0. The van der Waals surface area contributed by atoms with E-state index in [1.54, 1.807) is 42.5 Å². The van der Waals surface area contributed by atoms with E-state index in [4.69, 9.17) is 11.5 Å². The summed E-state index contributed by atoms with van der Waals surface area (Å²) in [6.07, 6.45) is 0. The fourth-order valence-corrected chi connectivity index (χ4v) is 2.26. The van der Waals surface area contributed by atoms with Crippen LogP contribution in [-0.4, -0.2) is 11.8 Å². The van der Waals surface area contributed by atoms with Crippen LogP contribution in [0.3, 0.4) is 0 Å². The molecule has 2 aromatic rings. The molecule has 20 heavy (non-hydrogen) atoms. The van der Waals surface area contributed by atoms with Gasteiger partial charge in [0.05, 0.1) is 11.3 Å². The molecule has 0 aromatic heterocycles. The Morgan fingerprint density at radius 2 is 1.80 bits per heavy atom.